The number of benzene rings is 1. The van der Waals surface area contributed by atoms with E-state index < -0.39 is 11.7 Å². The Kier molecular flexibility index (Phi) is 2.58. The molecule has 0 aliphatic heterocycles. The van der Waals surface area contributed by atoms with Crippen molar-refractivity contribution in [1.82, 2.24) is 0 Å². The third-order valence-corrected chi connectivity index (χ3v) is 2.80. The van der Waals surface area contributed by atoms with E-state index in [0.29, 0.717) is 11.3 Å². The van der Waals surface area contributed by atoms with Crippen LogP contribution in [0.2, 0.25) is 0 Å². The average molecular weight is 231 g/mol. The molecule has 0 aromatic heterocycles. The smallest absolute Gasteiger partial charge is 0.416 e. The van der Waals surface area contributed by atoms with E-state index in [0.717, 1.165) is 18.6 Å². The molecule has 2 N–H and O–H groups in total. The van der Waals surface area contributed by atoms with Gasteiger partial charge in [-0.3, -0.25) is 0 Å². The van der Waals surface area contributed by atoms with Gasteiger partial charge in [0.15, 0.2) is 0 Å². The normalized spacial score (nSPS) is 24.3. The molecule has 1 aliphatic rings. The van der Waals surface area contributed by atoms with Crippen LogP contribution < -0.4 is 10.5 Å². The van der Waals surface area contributed by atoms with E-state index in [1.165, 1.54) is 13.2 Å². The number of alkyl halides is 3. The first-order valence-corrected chi connectivity index (χ1v) is 4.94. The predicted molar refractivity (Wildman–Crippen MR) is 53.3 cm³/mol. The predicted octanol–water partition coefficient (Wildman–Crippen LogP) is 2.53. The molecule has 2 rings (SSSR count). The van der Waals surface area contributed by atoms with E-state index in [-0.39, 0.29) is 12.0 Å². The highest BCUT2D eigenvalue weighted by Gasteiger charge is 2.39. The van der Waals surface area contributed by atoms with Gasteiger partial charge in [0.1, 0.15) is 5.75 Å². The van der Waals surface area contributed by atoms with Crippen LogP contribution in [0.4, 0.5) is 13.2 Å². The highest BCUT2D eigenvalue weighted by molar-refractivity contribution is 5.44. The third-order valence-electron chi connectivity index (χ3n) is 2.80. The monoisotopic (exact) mass is 231 g/mol. The zero-order valence-corrected chi connectivity index (χ0v) is 8.71. The Hall–Kier alpha value is -1.23. The van der Waals surface area contributed by atoms with E-state index in [4.69, 9.17) is 10.5 Å². The van der Waals surface area contributed by atoms with Crippen LogP contribution in [0.5, 0.6) is 5.75 Å². The molecule has 0 spiro atoms. The van der Waals surface area contributed by atoms with Gasteiger partial charge in [-0.25, -0.2) is 0 Å². The van der Waals surface area contributed by atoms with Gasteiger partial charge in [0.25, 0.3) is 0 Å². The van der Waals surface area contributed by atoms with Gasteiger partial charge >= 0.3 is 6.18 Å². The maximum absolute atomic E-state index is 12.5. The molecule has 2 atom stereocenters. The first kappa shape index (κ1) is 11.3. The fourth-order valence-corrected chi connectivity index (χ4v) is 1.77. The van der Waals surface area contributed by atoms with E-state index in [2.05, 4.69) is 0 Å². The summed E-state index contributed by atoms with van der Waals surface area (Å²) in [5.74, 6) is 0.475. The van der Waals surface area contributed by atoms with Crippen molar-refractivity contribution in [2.24, 2.45) is 5.73 Å². The first-order valence-electron chi connectivity index (χ1n) is 4.94. The van der Waals surface area contributed by atoms with E-state index in [1.807, 2.05) is 0 Å². The SMILES string of the molecule is COc1ccc(C(F)(F)F)cc1C1CC1N. The van der Waals surface area contributed by atoms with Crippen molar-refractivity contribution in [3.05, 3.63) is 29.3 Å². The highest BCUT2D eigenvalue weighted by atomic mass is 19.4. The summed E-state index contributed by atoms with van der Waals surface area (Å²) in [5.41, 5.74) is 5.55. The Morgan fingerprint density at radius 1 is 1.38 bits per heavy atom. The van der Waals surface area contributed by atoms with Crippen LogP contribution in [-0.4, -0.2) is 13.2 Å². The Morgan fingerprint density at radius 3 is 2.44 bits per heavy atom. The summed E-state index contributed by atoms with van der Waals surface area (Å²) in [7, 11) is 1.44. The van der Waals surface area contributed by atoms with Gasteiger partial charge in [-0.2, -0.15) is 13.2 Å². The number of nitrogens with two attached hydrogens (primary N) is 1. The minimum Gasteiger partial charge on any atom is -0.496 e. The fourth-order valence-electron chi connectivity index (χ4n) is 1.77. The van der Waals surface area contributed by atoms with Crippen molar-refractivity contribution in [1.29, 1.82) is 0 Å². The van der Waals surface area contributed by atoms with Crippen LogP contribution in [0.25, 0.3) is 0 Å². The quantitative estimate of drug-likeness (QED) is 0.848. The fraction of sp³-hybridized carbons (Fsp3) is 0.455. The second-order valence-electron chi connectivity index (χ2n) is 3.96. The molecule has 0 radical (unpaired) electrons. The number of hydrogen-bond donors (Lipinski definition) is 1. The van der Waals surface area contributed by atoms with E-state index in [9.17, 15) is 13.2 Å². The lowest BCUT2D eigenvalue weighted by Crippen LogP contribution is -2.07. The lowest BCUT2D eigenvalue weighted by atomic mass is 10.0. The molecule has 1 aromatic carbocycles. The summed E-state index contributed by atoms with van der Waals surface area (Å²) >= 11 is 0. The molecular formula is C11H12F3NO. The number of halogens is 3. The third kappa shape index (κ3) is 2.00. The van der Waals surface area contributed by atoms with Gasteiger partial charge in [0.2, 0.25) is 0 Å². The van der Waals surface area contributed by atoms with Gasteiger partial charge in [0.05, 0.1) is 12.7 Å². The van der Waals surface area contributed by atoms with Crippen LogP contribution in [0, 0.1) is 0 Å². The minimum absolute atomic E-state index is 0.00255. The Bertz CT molecular complexity index is 403. The average Bonchev–Trinajstić information content (AvgIpc) is 2.93. The van der Waals surface area contributed by atoms with Gasteiger partial charge in [-0.1, -0.05) is 0 Å². The molecule has 0 amide bonds. The van der Waals surface area contributed by atoms with E-state index in [1.54, 1.807) is 0 Å². The summed E-state index contributed by atoms with van der Waals surface area (Å²) in [6, 6.07) is 3.47. The van der Waals surface area contributed by atoms with Gasteiger partial charge in [-0.15, -0.1) is 0 Å². The molecule has 88 valence electrons. The summed E-state index contributed by atoms with van der Waals surface area (Å²) < 4.78 is 42.6. The zero-order valence-electron chi connectivity index (χ0n) is 8.71. The standard InChI is InChI=1S/C11H12F3NO/c1-16-10-3-2-6(11(12,13)14)4-8(10)7-5-9(7)15/h2-4,7,9H,5,15H2,1H3. The van der Waals surface area contributed by atoms with Crippen molar-refractivity contribution in [2.45, 2.75) is 24.6 Å². The number of ether oxygens (including phenoxy) is 1. The Morgan fingerprint density at radius 2 is 2.00 bits per heavy atom. The Balaban J connectivity index is 2.39. The van der Waals surface area contributed by atoms with Crippen LogP contribution in [0.1, 0.15) is 23.5 Å². The van der Waals surface area contributed by atoms with Crippen molar-refractivity contribution in [3.8, 4) is 5.75 Å². The molecule has 1 aliphatic carbocycles. The highest BCUT2D eigenvalue weighted by Crippen LogP contribution is 2.45. The van der Waals surface area contributed by atoms with Crippen LogP contribution >= 0.6 is 0 Å². The summed E-state index contributed by atoms with van der Waals surface area (Å²) in [6.07, 6.45) is -3.60. The van der Waals surface area contributed by atoms with Gasteiger partial charge in [0, 0.05) is 12.0 Å². The summed E-state index contributed by atoms with van der Waals surface area (Å²) in [5, 5.41) is 0. The Labute approximate surface area is 91.2 Å². The number of methoxy groups -OCH3 is 1. The van der Waals surface area contributed by atoms with Crippen molar-refractivity contribution in [3.63, 3.8) is 0 Å². The molecular weight excluding hydrogens is 219 g/mol. The van der Waals surface area contributed by atoms with Crippen molar-refractivity contribution < 1.29 is 17.9 Å². The maximum Gasteiger partial charge on any atom is 0.416 e. The minimum atomic E-state index is -4.32. The summed E-state index contributed by atoms with van der Waals surface area (Å²) in [6.45, 7) is 0. The van der Waals surface area contributed by atoms with Crippen LogP contribution in [-0.2, 0) is 6.18 Å². The summed E-state index contributed by atoms with van der Waals surface area (Å²) in [4.78, 5) is 0. The van der Waals surface area contributed by atoms with Gasteiger partial charge < -0.3 is 10.5 Å². The molecule has 1 saturated carbocycles. The molecule has 0 bridgehead atoms. The lowest BCUT2D eigenvalue weighted by Gasteiger charge is -2.12. The first-order chi connectivity index (χ1) is 7.43. The molecule has 16 heavy (non-hydrogen) atoms. The molecule has 1 aromatic rings. The van der Waals surface area contributed by atoms with Crippen molar-refractivity contribution >= 4 is 0 Å². The number of hydrogen-bond acceptors (Lipinski definition) is 2. The van der Waals surface area contributed by atoms with E-state index >= 15 is 0 Å². The second-order valence-corrected chi connectivity index (χ2v) is 3.96. The largest absolute Gasteiger partial charge is 0.496 e. The topological polar surface area (TPSA) is 35.2 Å². The molecule has 1 fully saturated rings. The molecule has 5 heteroatoms. The lowest BCUT2D eigenvalue weighted by molar-refractivity contribution is -0.137. The molecule has 2 nitrogen and oxygen atoms in total. The second kappa shape index (κ2) is 3.66. The molecule has 2 unspecified atom stereocenters. The molecule has 0 saturated heterocycles. The zero-order chi connectivity index (χ0) is 11.9. The van der Waals surface area contributed by atoms with Gasteiger partial charge in [-0.05, 0) is 30.2 Å². The number of rotatable bonds is 2. The van der Waals surface area contributed by atoms with Crippen molar-refractivity contribution in [2.75, 3.05) is 7.11 Å². The maximum atomic E-state index is 12.5. The molecule has 0 heterocycles. The van der Waals surface area contributed by atoms with Crippen LogP contribution in [0.15, 0.2) is 18.2 Å². The van der Waals surface area contributed by atoms with Crippen LogP contribution in [0.3, 0.4) is 0 Å².